The molecule has 0 unspecified atom stereocenters. The molecule has 1 aromatic rings. The number of carbonyl (C=O) groups is 2. The fourth-order valence-electron chi connectivity index (χ4n) is 4.71. The minimum Gasteiger partial charge on any atom is -0.396 e. The molecule has 7 heteroatoms. The molecular formula is C22H36N4O3. The Morgan fingerprint density at radius 3 is 2.69 bits per heavy atom. The first-order valence-corrected chi connectivity index (χ1v) is 10.8. The highest BCUT2D eigenvalue weighted by atomic mass is 16.3. The number of likely N-dealkylation sites (N-methyl/N-ethyl adjacent to an activating group) is 1. The fraction of sp³-hybridized carbons (Fsp3) is 0.727. The Labute approximate surface area is 174 Å². The molecule has 162 valence electrons. The first-order chi connectivity index (χ1) is 13.7. The van der Waals surface area contributed by atoms with Gasteiger partial charge in [-0.1, -0.05) is 0 Å². The highest BCUT2D eigenvalue weighted by molar-refractivity contribution is 5.95. The third-order valence-corrected chi connectivity index (χ3v) is 6.51. The fourth-order valence-corrected chi connectivity index (χ4v) is 4.71. The molecule has 2 atom stereocenters. The van der Waals surface area contributed by atoms with Gasteiger partial charge in [-0.2, -0.15) is 0 Å². The van der Waals surface area contributed by atoms with Crippen molar-refractivity contribution < 1.29 is 14.7 Å². The maximum absolute atomic E-state index is 13.5. The van der Waals surface area contributed by atoms with Crippen molar-refractivity contribution in [3.05, 3.63) is 24.0 Å². The third-order valence-electron chi connectivity index (χ3n) is 6.51. The van der Waals surface area contributed by atoms with Crippen LogP contribution in [0.15, 0.2) is 18.5 Å². The second kappa shape index (κ2) is 8.48. The van der Waals surface area contributed by atoms with Crippen LogP contribution in [0.1, 0.15) is 56.8 Å². The largest absolute Gasteiger partial charge is 0.396 e. The summed E-state index contributed by atoms with van der Waals surface area (Å²) in [5.41, 5.74) is 0.0641. The standard InChI is InChI=1S/C22H36N4O3/c1-21(2,3)25-12-7-17(15-25)19(28)26-11-5-8-22(20(29)23-10-6-14-27)9-13-24(4)16-18(22)26/h7,12,15,18,27H,5-6,8-11,13-14,16H2,1-4H3,(H,23,29)/t18-,22+/m0/s1. The van der Waals surface area contributed by atoms with Gasteiger partial charge in [0.05, 0.1) is 17.0 Å². The van der Waals surface area contributed by atoms with Crippen LogP contribution in [0.2, 0.25) is 0 Å². The summed E-state index contributed by atoms with van der Waals surface area (Å²) in [5, 5.41) is 12.1. The van der Waals surface area contributed by atoms with Crippen molar-refractivity contribution in [3.8, 4) is 0 Å². The molecule has 2 N–H and O–H groups in total. The first kappa shape index (κ1) is 21.8. The minimum atomic E-state index is -0.539. The molecule has 3 heterocycles. The number of likely N-dealkylation sites (tertiary alicyclic amines) is 2. The average molecular weight is 405 g/mol. The molecule has 2 saturated heterocycles. The lowest BCUT2D eigenvalue weighted by molar-refractivity contribution is -0.142. The van der Waals surface area contributed by atoms with Gasteiger partial charge in [0.15, 0.2) is 0 Å². The monoisotopic (exact) mass is 404 g/mol. The molecule has 2 aliphatic heterocycles. The lowest BCUT2D eigenvalue weighted by Crippen LogP contribution is -2.66. The van der Waals surface area contributed by atoms with Crippen LogP contribution in [-0.2, 0) is 10.3 Å². The van der Waals surface area contributed by atoms with E-state index in [1.165, 1.54) is 0 Å². The Balaban J connectivity index is 1.86. The normalized spacial score (nSPS) is 25.6. The van der Waals surface area contributed by atoms with Crippen molar-refractivity contribution in [1.29, 1.82) is 0 Å². The molecule has 2 fully saturated rings. The van der Waals surface area contributed by atoms with Crippen LogP contribution in [0.5, 0.6) is 0 Å². The minimum absolute atomic E-state index is 0.0144. The molecule has 3 rings (SSSR count). The van der Waals surface area contributed by atoms with E-state index < -0.39 is 5.41 Å². The lowest BCUT2D eigenvalue weighted by atomic mass is 9.67. The predicted octanol–water partition coefficient (Wildman–Crippen LogP) is 1.67. The lowest BCUT2D eigenvalue weighted by Gasteiger charge is -2.53. The summed E-state index contributed by atoms with van der Waals surface area (Å²) in [7, 11) is 2.06. The van der Waals surface area contributed by atoms with Crippen LogP contribution in [-0.4, -0.2) is 77.2 Å². The number of hydrogen-bond donors (Lipinski definition) is 2. The number of nitrogens with one attached hydrogen (secondary N) is 1. The van der Waals surface area contributed by atoms with Crippen LogP contribution < -0.4 is 5.32 Å². The predicted molar refractivity (Wildman–Crippen MR) is 113 cm³/mol. The quantitative estimate of drug-likeness (QED) is 0.732. The van der Waals surface area contributed by atoms with Gasteiger partial charge in [-0.15, -0.1) is 0 Å². The molecule has 0 aliphatic carbocycles. The summed E-state index contributed by atoms with van der Waals surface area (Å²) in [4.78, 5) is 30.8. The van der Waals surface area contributed by atoms with Gasteiger partial charge in [-0.25, -0.2) is 0 Å². The van der Waals surface area contributed by atoms with Gasteiger partial charge in [0, 0.05) is 44.2 Å². The van der Waals surface area contributed by atoms with E-state index in [2.05, 4.69) is 42.6 Å². The zero-order chi connectivity index (χ0) is 21.2. The molecule has 0 bridgehead atoms. The van der Waals surface area contributed by atoms with Crippen molar-refractivity contribution in [1.82, 2.24) is 19.7 Å². The van der Waals surface area contributed by atoms with Crippen LogP contribution in [0.3, 0.4) is 0 Å². The van der Waals surface area contributed by atoms with E-state index in [4.69, 9.17) is 5.11 Å². The number of aliphatic hydroxyl groups is 1. The molecule has 1 aromatic heterocycles. The molecule has 0 spiro atoms. The van der Waals surface area contributed by atoms with Crippen LogP contribution in [0, 0.1) is 5.41 Å². The second-order valence-corrected chi connectivity index (χ2v) is 9.60. The Hall–Kier alpha value is -1.86. The van der Waals surface area contributed by atoms with E-state index in [9.17, 15) is 9.59 Å². The molecule has 7 nitrogen and oxygen atoms in total. The van der Waals surface area contributed by atoms with Gasteiger partial charge in [0.25, 0.3) is 5.91 Å². The zero-order valence-electron chi connectivity index (χ0n) is 18.3. The molecular weight excluding hydrogens is 368 g/mol. The SMILES string of the molecule is CN1CC[C@]2(C(=O)NCCCO)CCCN(C(=O)c3ccn(C(C)(C)C)c3)[C@H]2C1. The molecule has 0 radical (unpaired) electrons. The van der Waals surface area contributed by atoms with Crippen molar-refractivity contribution >= 4 is 11.8 Å². The van der Waals surface area contributed by atoms with Crippen molar-refractivity contribution in [3.63, 3.8) is 0 Å². The summed E-state index contributed by atoms with van der Waals surface area (Å²) in [6.45, 7) is 9.12. The Morgan fingerprint density at radius 1 is 1.28 bits per heavy atom. The number of aromatic nitrogens is 1. The van der Waals surface area contributed by atoms with Gasteiger partial charge in [0.2, 0.25) is 5.91 Å². The summed E-state index contributed by atoms with van der Waals surface area (Å²) in [6.07, 6.45) is 6.83. The van der Waals surface area contributed by atoms with Crippen LogP contribution >= 0.6 is 0 Å². The summed E-state index contributed by atoms with van der Waals surface area (Å²) >= 11 is 0. The summed E-state index contributed by atoms with van der Waals surface area (Å²) < 4.78 is 2.06. The molecule has 29 heavy (non-hydrogen) atoms. The highest BCUT2D eigenvalue weighted by Crippen LogP contribution is 2.43. The van der Waals surface area contributed by atoms with Gasteiger partial charge in [-0.3, -0.25) is 9.59 Å². The Morgan fingerprint density at radius 2 is 2.03 bits per heavy atom. The second-order valence-electron chi connectivity index (χ2n) is 9.60. The van der Waals surface area contributed by atoms with E-state index in [-0.39, 0.29) is 30.0 Å². The van der Waals surface area contributed by atoms with Gasteiger partial charge >= 0.3 is 0 Å². The van der Waals surface area contributed by atoms with E-state index in [1.807, 2.05) is 23.4 Å². The number of aliphatic hydroxyl groups excluding tert-OH is 1. The van der Waals surface area contributed by atoms with Crippen LogP contribution in [0.25, 0.3) is 0 Å². The number of piperidine rings is 2. The molecule has 0 aromatic carbocycles. The average Bonchev–Trinajstić information content (AvgIpc) is 3.18. The number of rotatable bonds is 5. The number of carbonyl (C=O) groups excluding carboxylic acids is 2. The smallest absolute Gasteiger partial charge is 0.255 e. The maximum atomic E-state index is 13.5. The van der Waals surface area contributed by atoms with E-state index >= 15 is 0 Å². The number of nitrogens with zero attached hydrogens (tertiary/aromatic N) is 3. The highest BCUT2D eigenvalue weighted by Gasteiger charge is 2.53. The molecule has 0 saturated carbocycles. The van der Waals surface area contributed by atoms with E-state index in [0.29, 0.717) is 31.6 Å². The van der Waals surface area contributed by atoms with Crippen LogP contribution in [0.4, 0.5) is 0 Å². The van der Waals surface area contributed by atoms with Crippen molar-refractivity contribution in [2.45, 2.75) is 58.0 Å². The summed E-state index contributed by atoms with van der Waals surface area (Å²) in [5.74, 6) is 0.0503. The summed E-state index contributed by atoms with van der Waals surface area (Å²) in [6, 6.07) is 1.76. The first-order valence-electron chi connectivity index (χ1n) is 10.8. The zero-order valence-corrected chi connectivity index (χ0v) is 18.3. The van der Waals surface area contributed by atoms with Crippen molar-refractivity contribution in [2.24, 2.45) is 5.41 Å². The van der Waals surface area contributed by atoms with Gasteiger partial charge in [0.1, 0.15) is 0 Å². The van der Waals surface area contributed by atoms with Gasteiger partial charge in [-0.05, 0) is 66.1 Å². The number of fused-ring (bicyclic) bond motifs is 1. The third kappa shape index (κ3) is 4.36. The van der Waals surface area contributed by atoms with Crippen molar-refractivity contribution in [2.75, 3.05) is 39.8 Å². The topological polar surface area (TPSA) is 77.8 Å². The van der Waals surface area contributed by atoms with E-state index in [1.54, 1.807) is 0 Å². The number of amides is 2. The van der Waals surface area contributed by atoms with E-state index in [0.717, 1.165) is 25.8 Å². The Bertz CT molecular complexity index is 739. The Kier molecular flexibility index (Phi) is 6.39. The molecule has 2 amide bonds. The van der Waals surface area contributed by atoms with Gasteiger partial charge < -0.3 is 24.8 Å². The molecule has 2 aliphatic rings. The number of hydrogen-bond acceptors (Lipinski definition) is 4. The maximum Gasteiger partial charge on any atom is 0.255 e.